The van der Waals surface area contributed by atoms with Crippen molar-refractivity contribution in [1.82, 2.24) is 14.9 Å². The summed E-state index contributed by atoms with van der Waals surface area (Å²) in [6, 6.07) is 10.6. The van der Waals surface area contributed by atoms with E-state index in [-0.39, 0.29) is 5.91 Å². The van der Waals surface area contributed by atoms with E-state index in [9.17, 15) is 4.79 Å². The van der Waals surface area contributed by atoms with Gasteiger partial charge >= 0.3 is 0 Å². The van der Waals surface area contributed by atoms with Crippen LogP contribution in [0.2, 0.25) is 0 Å². The van der Waals surface area contributed by atoms with E-state index >= 15 is 0 Å². The number of carbonyl (C=O) groups is 1. The van der Waals surface area contributed by atoms with Crippen molar-refractivity contribution >= 4 is 16.8 Å². The summed E-state index contributed by atoms with van der Waals surface area (Å²) in [6.07, 6.45) is 7.42. The highest BCUT2D eigenvalue weighted by Crippen LogP contribution is 2.24. The zero-order valence-corrected chi connectivity index (χ0v) is 15.0. The molecule has 1 fully saturated rings. The minimum atomic E-state index is -0.00585. The van der Waals surface area contributed by atoms with Crippen LogP contribution >= 0.6 is 0 Å². The van der Waals surface area contributed by atoms with Crippen molar-refractivity contribution in [2.75, 3.05) is 13.1 Å². The van der Waals surface area contributed by atoms with Gasteiger partial charge in [0.15, 0.2) is 12.1 Å². The third-order valence-electron chi connectivity index (χ3n) is 5.27. The molecule has 1 aliphatic heterocycles. The molecule has 0 spiro atoms. The molecule has 1 aliphatic rings. The van der Waals surface area contributed by atoms with Gasteiger partial charge in [-0.1, -0.05) is 12.1 Å². The Balaban J connectivity index is 1.41. The number of hydrogen-bond acceptors (Lipinski definition) is 4. The molecule has 5 nitrogen and oxygen atoms in total. The number of benzene rings is 1. The lowest BCUT2D eigenvalue weighted by Gasteiger charge is -2.19. The molecule has 1 saturated heterocycles. The van der Waals surface area contributed by atoms with Gasteiger partial charge in [0.1, 0.15) is 5.76 Å². The number of hydrogen-bond donors (Lipinski definition) is 0. The van der Waals surface area contributed by atoms with Crippen molar-refractivity contribution in [2.45, 2.75) is 32.6 Å². The number of rotatable bonds is 3. The van der Waals surface area contributed by atoms with Gasteiger partial charge in [-0.25, -0.2) is 4.98 Å². The first kappa shape index (κ1) is 16.8. The first-order valence-electron chi connectivity index (χ1n) is 9.24. The molecule has 2 aromatic heterocycles. The molecule has 134 valence electrons. The van der Waals surface area contributed by atoms with Gasteiger partial charge in [0.25, 0.3) is 5.91 Å². The normalized spacial score (nSPS) is 18.0. The van der Waals surface area contributed by atoms with Crippen LogP contribution in [0.25, 0.3) is 10.9 Å². The topological polar surface area (TPSA) is 59.2 Å². The van der Waals surface area contributed by atoms with Crippen LogP contribution < -0.4 is 0 Å². The highest BCUT2D eigenvalue weighted by Gasteiger charge is 2.24. The maximum absolute atomic E-state index is 12.6. The predicted molar refractivity (Wildman–Crippen MR) is 99.9 cm³/mol. The van der Waals surface area contributed by atoms with Gasteiger partial charge in [0.05, 0.1) is 5.52 Å². The van der Waals surface area contributed by atoms with Gasteiger partial charge in [-0.15, -0.1) is 0 Å². The van der Waals surface area contributed by atoms with Crippen molar-refractivity contribution in [1.29, 1.82) is 0 Å². The van der Waals surface area contributed by atoms with E-state index < -0.39 is 0 Å². The number of fused-ring (bicyclic) bond motifs is 1. The molecule has 4 rings (SSSR count). The lowest BCUT2D eigenvalue weighted by molar-refractivity contribution is 0.0753. The second-order valence-electron chi connectivity index (χ2n) is 7.08. The molecule has 3 heterocycles. The Bertz CT molecular complexity index is 918. The average molecular weight is 349 g/mol. The minimum Gasteiger partial charge on any atom is -0.448 e. The van der Waals surface area contributed by atoms with Gasteiger partial charge in [-0.2, -0.15) is 0 Å². The number of aromatic nitrogens is 2. The van der Waals surface area contributed by atoms with Crippen molar-refractivity contribution in [3.8, 4) is 0 Å². The lowest BCUT2D eigenvalue weighted by atomic mass is 9.92. The summed E-state index contributed by atoms with van der Waals surface area (Å²) in [6.45, 7) is 3.36. The highest BCUT2D eigenvalue weighted by molar-refractivity contribution is 5.93. The summed E-state index contributed by atoms with van der Waals surface area (Å²) >= 11 is 0. The second-order valence-corrected chi connectivity index (χ2v) is 7.08. The Morgan fingerprint density at radius 1 is 1.23 bits per heavy atom. The number of carbonyl (C=O) groups excluding carboxylic acids is 1. The number of oxazole rings is 1. The van der Waals surface area contributed by atoms with Crippen LogP contribution in [0.5, 0.6) is 0 Å². The van der Waals surface area contributed by atoms with Crippen LogP contribution in [0.1, 0.15) is 41.1 Å². The van der Waals surface area contributed by atoms with E-state index in [4.69, 9.17) is 4.42 Å². The Morgan fingerprint density at radius 2 is 2.15 bits per heavy atom. The van der Waals surface area contributed by atoms with Crippen LogP contribution in [0.15, 0.2) is 47.3 Å². The van der Waals surface area contributed by atoms with Gasteiger partial charge in [0.2, 0.25) is 0 Å². The molecule has 3 aromatic rings. The quantitative estimate of drug-likeness (QED) is 0.717. The van der Waals surface area contributed by atoms with Crippen LogP contribution in [0.3, 0.4) is 0 Å². The van der Waals surface area contributed by atoms with E-state index in [0.717, 1.165) is 44.3 Å². The molecule has 0 unspecified atom stereocenters. The summed E-state index contributed by atoms with van der Waals surface area (Å²) in [5.41, 5.74) is 2.84. The maximum atomic E-state index is 12.6. The number of likely N-dealkylation sites (tertiary alicyclic amines) is 1. The second kappa shape index (κ2) is 7.28. The van der Waals surface area contributed by atoms with Crippen LogP contribution in [-0.2, 0) is 6.42 Å². The van der Waals surface area contributed by atoms with E-state index in [2.05, 4.69) is 34.2 Å². The summed E-state index contributed by atoms with van der Waals surface area (Å²) in [5.74, 6) is 1.19. The first-order valence-corrected chi connectivity index (χ1v) is 9.24. The average Bonchev–Trinajstić information content (AvgIpc) is 2.95. The summed E-state index contributed by atoms with van der Waals surface area (Å²) in [7, 11) is 0. The largest absolute Gasteiger partial charge is 0.448 e. The molecule has 0 radical (unpaired) electrons. The lowest BCUT2D eigenvalue weighted by Crippen LogP contribution is -2.32. The molecule has 1 atom stereocenters. The number of nitrogens with zero attached hydrogens (tertiary/aromatic N) is 3. The highest BCUT2D eigenvalue weighted by atomic mass is 16.3. The first-order chi connectivity index (χ1) is 12.7. The van der Waals surface area contributed by atoms with Gasteiger partial charge < -0.3 is 9.32 Å². The van der Waals surface area contributed by atoms with Crippen LogP contribution in [0.4, 0.5) is 0 Å². The number of aryl methyl sites for hydroxylation is 1. The number of pyridine rings is 1. The van der Waals surface area contributed by atoms with E-state index in [1.165, 1.54) is 17.3 Å². The number of amides is 1. The summed E-state index contributed by atoms with van der Waals surface area (Å²) in [5, 5.41) is 1.19. The maximum Gasteiger partial charge on any atom is 0.276 e. The fourth-order valence-electron chi connectivity index (χ4n) is 3.82. The van der Waals surface area contributed by atoms with Crippen molar-refractivity contribution in [3.63, 3.8) is 0 Å². The molecule has 0 saturated carbocycles. The minimum absolute atomic E-state index is 0.00585. The Labute approximate surface area is 153 Å². The zero-order chi connectivity index (χ0) is 17.9. The molecule has 0 bridgehead atoms. The third-order valence-corrected chi connectivity index (χ3v) is 5.27. The summed E-state index contributed by atoms with van der Waals surface area (Å²) in [4.78, 5) is 23.0. The summed E-state index contributed by atoms with van der Waals surface area (Å²) < 4.78 is 5.18. The molecular formula is C21H23N3O2. The SMILES string of the molecule is Cc1ocnc1C(=O)N1CCC[C@H](Cc2ccc3ncccc3c2)CC1. The monoisotopic (exact) mass is 349 g/mol. The third kappa shape index (κ3) is 3.47. The van der Waals surface area contributed by atoms with Crippen molar-refractivity contribution in [2.24, 2.45) is 5.92 Å². The molecule has 1 aromatic carbocycles. The van der Waals surface area contributed by atoms with Crippen molar-refractivity contribution < 1.29 is 9.21 Å². The predicted octanol–water partition coefficient (Wildman–Crippen LogP) is 4.02. The van der Waals surface area contributed by atoms with Crippen molar-refractivity contribution in [3.05, 3.63) is 59.9 Å². The van der Waals surface area contributed by atoms with E-state index in [1.54, 1.807) is 6.92 Å². The molecule has 26 heavy (non-hydrogen) atoms. The standard InChI is InChI=1S/C21H23N3O2/c1-15-20(23-14-26-15)21(25)24-10-3-4-16(8-11-24)12-17-6-7-19-18(13-17)5-2-9-22-19/h2,5-7,9,13-14,16H,3-4,8,10-12H2,1H3/t16-/m0/s1. The van der Waals surface area contributed by atoms with Crippen LogP contribution in [-0.4, -0.2) is 33.9 Å². The Kier molecular flexibility index (Phi) is 4.69. The molecule has 0 aliphatic carbocycles. The fraction of sp³-hybridized carbons (Fsp3) is 0.381. The van der Waals surface area contributed by atoms with Gasteiger partial charge in [-0.3, -0.25) is 9.78 Å². The molecule has 5 heteroatoms. The van der Waals surface area contributed by atoms with E-state index in [0.29, 0.717) is 17.4 Å². The van der Waals surface area contributed by atoms with Gasteiger partial charge in [0, 0.05) is 24.7 Å². The molecule has 0 N–H and O–H groups in total. The smallest absolute Gasteiger partial charge is 0.276 e. The van der Waals surface area contributed by atoms with Crippen LogP contribution in [0, 0.1) is 12.8 Å². The van der Waals surface area contributed by atoms with E-state index in [1.807, 2.05) is 17.2 Å². The molecule has 1 amide bonds. The Morgan fingerprint density at radius 3 is 3.00 bits per heavy atom. The Hall–Kier alpha value is -2.69. The molecular weight excluding hydrogens is 326 g/mol. The van der Waals surface area contributed by atoms with Gasteiger partial charge in [-0.05, 0) is 62.3 Å². The zero-order valence-electron chi connectivity index (χ0n) is 15.0. The fourth-order valence-corrected chi connectivity index (χ4v) is 3.82.